The third-order valence-corrected chi connectivity index (χ3v) is 14.9. The van der Waals surface area contributed by atoms with Gasteiger partial charge in [-0.3, -0.25) is 0 Å². The standard InChI is InChI=1S/C54H42S2/c1-31-7-15-39(16-8-31)53(40-17-9-32(2)10-18-40)47-27-46-44-26-38-24-36(6)56-52(38)30-50(44)54(41-19-11-33(3)12-20-41,42-21-13-34(4)14-22-42)48(46)28-45(47)43-25-37-23-35(5)55-51(37)29-49(43)53/h7-30H,1-6H3. The molecule has 56 heavy (non-hydrogen) atoms. The third kappa shape index (κ3) is 4.58. The zero-order chi connectivity index (χ0) is 38.1. The molecule has 0 aliphatic heterocycles. The molecule has 0 saturated heterocycles. The van der Waals surface area contributed by atoms with Crippen LogP contribution >= 0.6 is 22.7 Å². The van der Waals surface area contributed by atoms with E-state index in [1.54, 1.807) is 0 Å². The molecule has 9 aromatic rings. The van der Waals surface area contributed by atoms with Crippen LogP contribution in [0.15, 0.2) is 146 Å². The Morgan fingerprint density at radius 2 is 0.571 bits per heavy atom. The third-order valence-electron chi connectivity index (χ3n) is 12.9. The molecule has 2 heterocycles. The minimum atomic E-state index is -0.505. The fourth-order valence-electron chi connectivity index (χ4n) is 10.3. The second-order valence-electron chi connectivity index (χ2n) is 16.5. The van der Waals surface area contributed by atoms with Crippen molar-refractivity contribution in [3.63, 3.8) is 0 Å². The number of rotatable bonds is 4. The van der Waals surface area contributed by atoms with Gasteiger partial charge in [-0.25, -0.2) is 0 Å². The second-order valence-corrected chi connectivity index (χ2v) is 19.1. The van der Waals surface area contributed by atoms with E-state index in [1.165, 1.54) is 119 Å². The van der Waals surface area contributed by atoms with Crippen LogP contribution in [0.2, 0.25) is 0 Å². The van der Waals surface area contributed by atoms with Crippen molar-refractivity contribution >= 4 is 42.8 Å². The maximum Gasteiger partial charge on any atom is 0.0714 e. The summed E-state index contributed by atoms with van der Waals surface area (Å²) >= 11 is 3.81. The SMILES string of the molecule is Cc1ccc(C2(c3ccc(C)cc3)c3cc4c(cc3-c3cc5cc(C)sc5cc32)C(c2ccc(C)cc2)(c2ccc(C)cc2)c2cc3sc(C)cc3cc2-4)cc1. The molecule has 0 fully saturated rings. The maximum atomic E-state index is 2.62. The summed E-state index contributed by atoms with van der Waals surface area (Å²) in [4.78, 5) is 2.69. The van der Waals surface area contributed by atoms with Gasteiger partial charge in [-0.2, -0.15) is 0 Å². The minimum Gasteiger partial charge on any atom is -0.141 e. The smallest absolute Gasteiger partial charge is 0.0714 e. The number of hydrogen-bond donors (Lipinski definition) is 0. The van der Waals surface area contributed by atoms with E-state index in [-0.39, 0.29) is 0 Å². The van der Waals surface area contributed by atoms with Crippen LogP contribution in [0, 0.1) is 41.5 Å². The summed E-state index contributed by atoms with van der Waals surface area (Å²) in [6, 6.07) is 57.6. The van der Waals surface area contributed by atoms with E-state index in [1.807, 2.05) is 22.7 Å². The van der Waals surface area contributed by atoms with Gasteiger partial charge in [0.1, 0.15) is 0 Å². The molecule has 0 spiro atoms. The van der Waals surface area contributed by atoms with Crippen LogP contribution in [0.3, 0.4) is 0 Å². The first-order valence-electron chi connectivity index (χ1n) is 19.7. The lowest BCUT2D eigenvalue weighted by atomic mass is 9.65. The molecule has 11 rings (SSSR count). The number of fused-ring (bicyclic) bond motifs is 8. The van der Waals surface area contributed by atoms with Gasteiger partial charge in [-0.05, 0) is 168 Å². The van der Waals surface area contributed by atoms with E-state index in [0.717, 1.165) is 0 Å². The Morgan fingerprint density at radius 3 is 0.875 bits per heavy atom. The Labute approximate surface area is 337 Å². The van der Waals surface area contributed by atoms with Crippen molar-refractivity contribution in [2.45, 2.75) is 52.4 Å². The van der Waals surface area contributed by atoms with Crippen LogP contribution in [0.25, 0.3) is 42.4 Å². The summed E-state index contributed by atoms with van der Waals surface area (Å²) < 4.78 is 2.69. The molecular weight excluding hydrogens is 713 g/mol. The van der Waals surface area contributed by atoms with E-state index in [0.29, 0.717) is 0 Å². The highest BCUT2D eigenvalue weighted by molar-refractivity contribution is 7.19. The molecule has 0 nitrogen and oxygen atoms in total. The Balaban J connectivity index is 1.34. The van der Waals surface area contributed by atoms with Gasteiger partial charge in [0.25, 0.3) is 0 Å². The quantitative estimate of drug-likeness (QED) is 0.168. The Bertz CT molecular complexity index is 2740. The average molecular weight is 755 g/mol. The van der Waals surface area contributed by atoms with E-state index in [9.17, 15) is 0 Å². The zero-order valence-electron chi connectivity index (χ0n) is 32.7. The minimum absolute atomic E-state index is 0.505. The van der Waals surface area contributed by atoms with Crippen molar-refractivity contribution in [1.82, 2.24) is 0 Å². The van der Waals surface area contributed by atoms with Crippen molar-refractivity contribution in [3.05, 3.63) is 222 Å². The monoisotopic (exact) mass is 754 g/mol. The predicted molar refractivity (Wildman–Crippen MR) is 240 cm³/mol. The van der Waals surface area contributed by atoms with Crippen molar-refractivity contribution in [3.8, 4) is 22.3 Å². The summed E-state index contributed by atoms with van der Waals surface area (Å²) in [5, 5.41) is 2.65. The highest BCUT2D eigenvalue weighted by Crippen LogP contribution is 2.63. The normalized spacial score (nSPS) is 14.5. The fraction of sp³-hybridized carbons (Fsp3) is 0.148. The summed E-state index contributed by atoms with van der Waals surface area (Å²) in [5.74, 6) is 0. The molecule has 0 bridgehead atoms. The van der Waals surface area contributed by atoms with Crippen LogP contribution in [-0.2, 0) is 10.8 Å². The molecule has 0 atom stereocenters. The number of aryl methyl sites for hydroxylation is 6. The molecule has 0 saturated carbocycles. The molecule has 2 aromatic heterocycles. The summed E-state index contributed by atoms with van der Waals surface area (Å²) in [7, 11) is 0. The Hall–Kier alpha value is -5.54. The highest BCUT2D eigenvalue weighted by Gasteiger charge is 2.51. The number of benzene rings is 7. The van der Waals surface area contributed by atoms with Gasteiger partial charge in [0.15, 0.2) is 0 Å². The van der Waals surface area contributed by atoms with Crippen LogP contribution < -0.4 is 0 Å². The molecule has 2 heteroatoms. The van der Waals surface area contributed by atoms with Crippen LogP contribution in [-0.4, -0.2) is 0 Å². The van der Waals surface area contributed by atoms with E-state index < -0.39 is 10.8 Å². The van der Waals surface area contributed by atoms with Gasteiger partial charge in [-0.1, -0.05) is 119 Å². The van der Waals surface area contributed by atoms with E-state index in [2.05, 4.69) is 187 Å². The first-order chi connectivity index (χ1) is 27.1. The van der Waals surface area contributed by atoms with Gasteiger partial charge in [0, 0.05) is 19.2 Å². The molecule has 270 valence electrons. The maximum absolute atomic E-state index is 2.62. The Kier molecular flexibility index (Phi) is 7.22. The highest BCUT2D eigenvalue weighted by atomic mass is 32.1. The van der Waals surface area contributed by atoms with Gasteiger partial charge < -0.3 is 0 Å². The lowest BCUT2D eigenvalue weighted by Gasteiger charge is -2.36. The molecule has 2 aliphatic rings. The zero-order valence-corrected chi connectivity index (χ0v) is 34.3. The average Bonchev–Trinajstić information content (AvgIpc) is 3.90. The predicted octanol–water partition coefficient (Wildman–Crippen LogP) is 14.7. The van der Waals surface area contributed by atoms with Gasteiger partial charge >= 0.3 is 0 Å². The van der Waals surface area contributed by atoms with Gasteiger partial charge in [0.05, 0.1) is 10.8 Å². The number of hydrogen-bond acceptors (Lipinski definition) is 2. The largest absolute Gasteiger partial charge is 0.141 e. The van der Waals surface area contributed by atoms with Crippen molar-refractivity contribution in [1.29, 1.82) is 0 Å². The van der Waals surface area contributed by atoms with Crippen molar-refractivity contribution < 1.29 is 0 Å². The van der Waals surface area contributed by atoms with Gasteiger partial charge in [0.2, 0.25) is 0 Å². The van der Waals surface area contributed by atoms with E-state index in [4.69, 9.17) is 0 Å². The first-order valence-corrected chi connectivity index (χ1v) is 21.4. The molecule has 0 unspecified atom stereocenters. The summed E-state index contributed by atoms with van der Waals surface area (Å²) in [5.41, 5.74) is 20.1. The molecule has 7 aromatic carbocycles. The molecule has 2 aliphatic carbocycles. The Morgan fingerprint density at radius 1 is 0.304 bits per heavy atom. The van der Waals surface area contributed by atoms with Gasteiger partial charge in [-0.15, -0.1) is 22.7 Å². The fourth-order valence-corrected chi connectivity index (χ4v) is 12.1. The van der Waals surface area contributed by atoms with Crippen LogP contribution in [0.1, 0.15) is 76.5 Å². The van der Waals surface area contributed by atoms with Crippen LogP contribution in [0.5, 0.6) is 0 Å². The molecule has 0 N–H and O–H groups in total. The van der Waals surface area contributed by atoms with Crippen molar-refractivity contribution in [2.75, 3.05) is 0 Å². The molecule has 0 amide bonds. The van der Waals surface area contributed by atoms with E-state index >= 15 is 0 Å². The lowest BCUT2D eigenvalue weighted by Crippen LogP contribution is -2.30. The van der Waals surface area contributed by atoms with Crippen LogP contribution in [0.4, 0.5) is 0 Å². The summed E-state index contributed by atoms with van der Waals surface area (Å²) in [6.45, 7) is 13.3. The molecular formula is C54H42S2. The second kappa shape index (κ2) is 12.0. The summed E-state index contributed by atoms with van der Waals surface area (Å²) in [6.07, 6.45) is 0. The first kappa shape index (κ1) is 33.8. The number of thiophene rings is 2. The van der Waals surface area contributed by atoms with Crippen molar-refractivity contribution in [2.24, 2.45) is 0 Å². The topological polar surface area (TPSA) is 0 Å². The molecule has 0 radical (unpaired) electrons. The lowest BCUT2D eigenvalue weighted by molar-refractivity contribution is 0.759.